The van der Waals surface area contributed by atoms with E-state index in [4.69, 9.17) is 0 Å². The molecular weight excluding hydrogens is 312 g/mol. The van der Waals surface area contributed by atoms with Crippen LogP contribution in [0.2, 0.25) is 0 Å². The zero-order chi connectivity index (χ0) is 18.7. The molecule has 1 amide bonds. The first-order valence-corrected chi connectivity index (χ1v) is 10.1. The molecule has 2 rings (SSSR count). The van der Waals surface area contributed by atoms with E-state index in [-0.39, 0.29) is 0 Å². The molecule has 1 aromatic heterocycles. The smallest absolute Gasteiger partial charge is 0.222 e. The van der Waals surface area contributed by atoms with Gasteiger partial charge >= 0.3 is 0 Å². The van der Waals surface area contributed by atoms with Gasteiger partial charge in [0.15, 0.2) is 0 Å². The summed E-state index contributed by atoms with van der Waals surface area (Å²) in [6.07, 6.45) is 7.91. The Balaban J connectivity index is 0.00000151. The number of carbonyl (C=O) groups is 1. The Kier molecular flexibility index (Phi) is 10.5. The third kappa shape index (κ3) is 7.59. The predicted octanol–water partition coefficient (Wildman–Crippen LogP) is 3.76. The second kappa shape index (κ2) is 12.1. The summed E-state index contributed by atoms with van der Waals surface area (Å²) in [4.78, 5) is 16.7. The van der Waals surface area contributed by atoms with Crippen molar-refractivity contribution < 1.29 is 4.79 Å². The van der Waals surface area contributed by atoms with Gasteiger partial charge in [-0.15, -0.1) is 0 Å². The minimum Gasteiger partial charge on any atom is -0.340 e. The van der Waals surface area contributed by atoms with E-state index in [1.165, 1.54) is 12.0 Å². The Labute approximate surface area is 154 Å². The zero-order valence-electron chi connectivity index (χ0n) is 17.0. The maximum Gasteiger partial charge on any atom is 0.222 e. The van der Waals surface area contributed by atoms with Gasteiger partial charge in [-0.05, 0) is 37.3 Å². The van der Waals surface area contributed by atoms with Crippen LogP contribution >= 0.6 is 0 Å². The molecule has 0 N–H and O–H groups in total. The SMILES string of the molecule is CC.CCCN1CCN(C(=O)CCCCn2cc(C(C)C)cn2)CC1. The molecule has 0 aromatic carbocycles. The van der Waals surface area contributed by atoms with E-state index in [0.717, 1.165) is 52.1 Å². The molecule has 5 nitrogen and oxygen atoms in total. The molecule has 0 bridgehead atoms. The molecule has 25 heavy (non-hydrogen) atoms. The van der Waals surface area contributed by atoms with Crippen molar-refractivity contribution in [3.8, 4) is 0 Å². The Hall–Kier alpha value is -1.36. The van der Waals surface area contributed by atoms with Crippen LogP contribution in [0.5, 0.6) is 0 Å². The predicted molar refractivity (Wildman–Crippen MR) is 105 cm³/mol. The van der Waals surface area contributed by atoms with E-state index in [1.807, 2.05) is 29.6 Å². The maximum absolute atomic E-state index is 12.3. The van der Waals surface area contributed by atoms with Gasteiger partial charge in [0.2, 0.25) is 5.91 Å². The lowest BCUT2D eigenvalue weighted by molar-refractivity contribution is -0.133. The van der Waals surface area contributed by atoms with Gasteiger partial charge in [-0.25, -0.2) is 0 Å². The molecule has 1 aliphatic heterocycles. The number of nitrogens with zero attached hydrogens (tertiary/aromatic N) is 4. The average molecular weight is 351 g/mol. The highest BCUT2D eigenvalue weighted by Crippen LogP contribution is 2.13. The number of hydrogen-bond donors (Lipinski definition) is 0. The van der Waals surface area contributed by atoms with Crippen molar-refractivity contribution in [2.75, 3.05) is 32.7 Å². The van der Waals surface area contributed by atoms with E-state index in [2.05, 4.69) is 37.0 Å². The van der Waals surface area contributed by atoms with Crippen molar-refractivity contribution in [1.82, 2.24) is 19.6 Å². The van der Waals surface area contributed by atoms with E-state index >= 15 is 0 Å². The largest absolute Gasteiger partial charge is 0.340 e. The molecule has 0 unspecified atom stereocenters. The van der Waals surface area contributed by atoms with Crippen LogP contribution < -0.4 is 0 Å². The van der Waals surface area contributed by atoms with E-state index < -0.39 is 0 Å². The lowest BCUT2D eigenvalue weighted by atomic mass is 10.1. The molecule has 144 valence electrons. The summed E-state index contributed by atoms with van der Waals surface area (Å²) in [6.45, 7) is 16.5. The van der Waals surface area contributed by atoms with Gasteiger partial charge < -0.3 is 4.90 Å². The topological polar surface area (TPSA) is 41.4 Å². The fourth-order valence-corrected chi connectivity index (χ4v) is 3.05. The van der Waals surface area contributed by atoms with Crippen molar-refractivity contribution in [3.63, 3.8) is 0 Å². The second-order valence-corrected chi connectivity index (χ2v) is 6.87. The summed E-state index contributed by atoms with van der Waals surface area (Å²) in [6, 6.07) is 0. The number of rotatable bonds is 8. The number of piperazine rings is 1. The first kappa shape index (κ1) is 21.7. The fourth-order valence-electron chi connectivity index (χ4n) is 3.05. The van der Waals surface area contributed by atoms with Crippen molar-refractivity contribution in [2.24, 2.45) is 0 Å². The summed E-state index contributed by atoms with van der Waals surface area (Å²) < 4.78 is 2.00. The quantitative estimate of drug-likeness (QED) is 0.670. The van der Waals surface area contributed by atoms with Gasteiger partial charge in [-0.1, -0.05) is 34.6 Å². The van der Waals surface area contributed by atoms with Crippen LogP contribution in [-0.4, -0.2) is 58.2 Å². The molecule has 1 saturated heterocycles. The first-order valence-electron chi connectivity index (χ1n) is 10.1. The second-order valence-electron chi connectivity index (χ2n) is 6.87. The summed E-state index contributed by atoms with van der Waals surface area (Å²) in [5.41, 5.74) is 1.28. The third-order valence-electron chi connectivity index (χ3n) is 4.61. The van der Waals surface area contributed by atoms with Crippen LogP contribution in [0.4, 0.5) is 0 Å². The van der Waals surface area contributed by atoms with Crippen LogP contribution in [0.3, 0.4) is 0 Å². The van der Waals surface area contributed by atoms with Crippen molar-refractivity contribution in [2.45, 2.75) is 72.8 Å². The Morgan fingerprint density at radius 2 is 1.80 bits per heavy atom. The molecule has 0 spiro atoms. The van der Waals surface area contributed by atoms with Crippen LogP contribution in [0.1, 0.15) is 71.8 Å². The molecule has 0 saturated carbocycles. The summed E-state index contributed by atoms with van der Waals surface area (Å²) >= 11 is 0. The molecule has 1 aliphatic rings. The summed E-state index contributed by atoms with van der Waals surface area (Å²) in [5.74, 6) is 0.848. The third-order valence-corrected chi connectivity index (χ3v) is 4.61. The van der Waals surface area contributed by atoms with Gasteiger partial charge in [0.1, 0.15) is 0 Å². The molecule has 0 radical (unpaired) electrons. The molecule has 0 aliphatic carbocycles. The zero-order valence-corrected chi connectivity index (χ0v) is 17.0. The molecule has 1 aromatic rings. The Morgan fingerprint density at radius 1 is 1.12 bits per heavy atom. The lowest BCUT2D eigenvalue weighted by Gasteiger charge is -2.34. The fraction of sp³-hybridized carbons (Fsp3) is 0.800. The Morgan fingerprint density at radius 3 is 2.36 bits per heavy atom. The first-order chi connectivity index (χ1) is 12.1. The van der Waals surface area contributed by atoms with E-state index in [9.17, 15) is 4.79 Å². The lowest BCUT2D eigenvalue weighted by Crippen LogP contribution is -2.48. The van der Waals surface area contributed by atoms with Gasteiger partial charge in [0.05, 0.1) is 6.20 Å². The van der Waals surface area contributed by atoms with Gasteiger partial charge in [-0.3, -0.25) is 14.4 Å². The number of hydrogen-bond acceptors (Lipinski definition) is 3. The standard InChI is InChI=1S/C18H32N4O.C2H6/c1-4-8-20-10-12-21(13-11-20)18(23)7-5-6-9-22-15-17(14-19-22)16(2)3;1-2/h14-16H,4-13H2,1-3H3;1-2H3. The summed E-state index contributed by atoms with van der Waals surface area (Å²) in [5, 5.41) is 4.39. The van der Waals surface area contributed by atoms with Gasteiger partial charge in [0, 0.05) is 45.3 Å². The van der Waals surface area contributed by atoms with Crippen molar-refractivity contribution in [1.29, 1.82) is 0 Å². The average Bonchev–Trinajstić information content (AvgIpc) is 3.10. The highest BCUT2D eigenvalue weighted by molar-refractivity contribution is 5.76. The number of unbranched alkanes of at least 4 members (excludes halogenated alkanes) is 1. The van der Waals surface area contributed by atoms with Crippen molar-refractivity contribution >= 4 is 5.91 Å². The van der Waals surface area contributed by atoms with Crippen LogP contribution in [-0.2, 0) is 11.3 Å². The number of aromatic nitrogens is 2. The molecular formula is C20H38N4O. The normalized spacial score (nSPS) is 15.2. The highest BCUT2D eigenvalue weighted by Gasteiger charge is 2.19. The van der Waals surface area contributed by atoms with E-state index in [0.29, 0.717) is 18.2 Å². The number of aryl methyl sites for hydroxylation is 1. The molecule has 1 fully saturated rings. The number of amides is 1. The maximum atomic E-state index is 12.3. The summed E-state index contributed by atoms with van der Waals surface area (Å²) in [7, 11) is 0. The highest BCUT2D eigenvalue weighted by atomic mass is 16.2. The van der Waals surface area contributed by atoms with Crippen LogP contribution in [0.25, 0.3) is 0 Å². The van der Waals surface area contributed by atoms with Gasteiger partial charge in [0.25, 0.3) is 0 Å². The van der Waals surface area contributed by atoms with Crippen molar-refractivity contribution in [3.05, 3.63) is 18.0 Å². The molecule has 2 heterocycles. The molecule has 0 atom stereocenters. The Bertz CT molecular complexity index is 476. The minimum absolute atomic E-state index is 0.324. The molecule has 5 heteroatoms. The van der Waals surface area contributed by atoms with Crippen LogP contribution in [0.15, 0.2) is 12.4 Å². The van der Waals surface area contributed by atoms with Crippen LogP contribution in [0, 0.1) is 0 Å². The van der Waals surface area contributed by atoms with Gasteiger partial charge in [-0.2, -0.15) is 5.10 Å². The van der Waals surface area contributed by atoms with E-state index in [1.54, 1.807) is 0 Å². The monoisotopic (exact) mass is 350 g/mol. The minimum atomic E-state index is 0.324. The number of carbonyl (C=O) groups excluding carboxylic acids is 1.